The van der Waals surface area contributed by atoms with Crippen LogP contribution in [0.1, 0.15) is 16.8 Å². The van der Waals surface area contributed by atoms with Gasteiger partial charge < -0.3 is 14.8 Å². The molecule has 0 bridgehead atoms. The number of carbonyl (C=O) groups excluding carboxylic acids is 1. The van der Waals surface area contributed by atoms with Crippen molar-refractivity contribution < 1.29 is 22.7 Å². The summed E-state index contributed by atoms with van der Waals surface area (Å²) in [6.07, 6.45) is 0.672. The summed E-state index contributed by atoms with van der Waals surface area (Å²) in [5, 5.41) is 2.79. The van der Waals surface area contributed by atoms with Crippen molar-refractivity contribution in [1.29, 1.82) is 0 Å². The molecule has 0 aliphatic carbocycles. The van der Waals surface area contributed by atoms with Gasteiger partial charge in [-0.2, -0.15) is 0 Å². The standard InChI is InChI=1S/C19H23BrN2O5S/c1-26-12-13-27-11-3-10-21-19(23)15-4-2-5-17(14-15)22-28(24,25)18-8-6-16(20)7-9-18/h2,4-9,14,22H,3,10-13H2,1H3,(H,21,23). The van der Waals surface area contributed by atoms with E-state index in [0.717, 1.165) is 4.47 Å². The van der Waals surface area contributed by atoms with E-state index in [1.807, 2.05) is 0 Å². The number of carbonyl (C=O) groups is 1. The minimum atomic E-state index is -3.73. The number of sulfonamides is 1. The van der Waals surface area contributed by atoms with Crippen LogP contribution in [0.15, 0.2) is 57.9 Å². The molecule has 2 rings (SSSR count). The number of halogens is 1. The van der Waals surface area contributed by atoms with E-state index >= 15 is 0 Å². The maximum Gasteiger partial charge on any atom is 0.261 e. The number of amides is 1. The predicted octanol–water partition coefficient (Wildman–Crippen LogP) is 3.03. The number of methoxy groups -OCH3 is 1. The van der Waals surface area contributed by atoms with Crippen molar-refractivity contribution in [3.8, 4) is 0 Å². The van der Waals surface area contributed by atoms with E-state index in [4.69, 9.17) is 9.47 Å². The van der Waals surface area contributed by atoms with Crippen LogP contribution in [-0.4, -0.2) is 47.8 Å². The second kappa shape index (κ2) is 11.2. The van der Waals surface area contributed by atoms with Crippen LogP contribution < -0.4 is 10.0 Å². The molecule has 2 aromatic rings. The zero-order valence-electron chi connectivity index (χ0n) is 15.5. The van der Waals surface area contributed by atoms with Crippen LogP contribution in [0, 0.1) is 0 Å². The van der Waals surface area contributed by atoms with Crippen molar-refractivity contribution in [2.24, 2.45) is 0 Å². The molecule has 0 saturated heterocycles. The zero-order valence-corrected chi connectivity index (χ0v) is 17.9. The molecule has 0 fully saturated rings. The number of rotatable bonds is 11. The first-order valence-electron chi connectivity index (χ1n) is 8.66. The molecule has 2 N–H and O–H groups in total. The first-order valence-corrected chi connectivity index (χ1v) is 10.9. The van der Waals surface area contributed by atoms with Crippen molar-refractivity contribution in [3.05, 3.63) is 58.6 Å². The number of nitrogens with one attached hydrogen (secondary N) is 2. The first kappa shape index (κ1) is 22.4. The van der Waals surface area contributed by atoms with Gasteiger partial charge in [0.05, 0.1) is 18.1 Å². The molecule has 152 valence electrons. The zero-order chi connectivity index (χ0) is 20.4. The normalized spacial score (nSPS) is 11.2. The molecule has 0 saturated carbocycles. The maximum atomic E-state index is 12.5. The summed E-state index contributed by atoms with van der Waals surface area (Å²) in [6, 6.07) is 12.6. The average molecular weight is 471 g/mol. The lowest BCUT2D eigenvalue weighted by atomic mass is 10.2. The highest BCUT2D eigenvalue weighted by Crippen LogP contribution is 2.19. The molecular weight excluding hydrogens is 448 g/mol. The Hall–Kier alpha value is -1.94. The number of ether oxygens (including phenoxy) is 2. The van der Waals surface area contributed by atoms with Gasteiger partial charge in [0.25, 0.3) is 15.9 Å². The number of benzene rings is 2. The molecule has 28 heavy (non-hydrogen) atoms. The van der Waals surface area contributed by atoms with E-state index in [2.05, 4.69) is 26.0 Å². The summed E-state index contributed by atoms with van der Waals surface area (Å²) in [6.45, 7) is 2.04. The molecule has 0 spiro atoms. The molecule has 0 heterocycles. The van der Waals surface area contributed by atoms with Gasteiger partial charge in [-0.1, -0.05) is 22.0 Å². The molecule has 0 radical (unpaired) electrons. The fourth-order valence-corrected chi connectivity index (χ4v) is 3.59. The van der Waals surface area contributed by atoms with Gasteiger partial charge in [0, 0.05) is 36.0 Å². The maximum absolute atomic E-state index is 12.5. The summed E-state index contributed by atoms with van der Waals surface area (Å²) in [7, 11) is -2.13. The third-order valence-corrected chi connectivity index (χ3v) is 5.61. The lowest BCUT2D eigenvalue weighted by molar-refractivity contribution is 0.0688. The van der Waals surface area contributed by atoms with Crippen molar-refractivity contribution in [2.45, 2.75) is 11.3 Å². The highest BCUT2D eigenvalue weighted by molar-refractivity contribution is 9.10. The smallest absolute Gasteiger partial charge is 0.261 e. The van der Waals surface area contributed by atoms with Gasteiger partial charge in [0.1, 0.15) is 0 Å². The number of hydrogen-bond donors (Lipinski definition) is 2. The quantitative estimate of drug-likeness (QED) is 0.492. The summed E-state index contributed by atoms with van der Waals surface area (Å²) < 4.78 is 38.4. The fraction of sp³-hybridized carbons (Fsp3) is 0.316. The molecule has 2 aromatic carbocycles. The summed E-state index contributed by atoms with van der Waals surface area (Å²) in [4.78, 5) is 12.4. The van der Waals surface area contributed by atoms with Crippen molar-refractivity contribution in [3.63, 3.8) is 0 Å². The van der Waals surface area contributed by atoms with Crippen LogP contribution in [0.3, 0.4) is 0 Å². The Kier molecular flexibility index (Phi) is 8.91. The van der Waals surface area contributed by atoms with Gasteiger partial charge in [0.2, 0.25) is 0 Å². The topological polar surface area (TPSA) is 93.7 Å². The van der Waals surface area contributed by atoms with Gasteiger partial charge in [-0.25, -0.2) is 8.42 Å². The van der Waals surface area contributed by atoms with Gasteiger partial charge in [-0.15, -0.1) is 0 Å². The third kappa shape index (κ3) is 7.23. The molecular formula is C19H23BrN2O5S. The van der Waals surface area contributed by atoms with Crippen LogP contribution in [0.5, 0.6) is 0 Å². The Morgan fingerprint density at radius 1 is 1.07 bits per heavy atom. The summed E-state index contributed by atoms with van der Waals surface area (Å²) >= 11 is 3.27. The van der Waals surface area contributed by atoms with Crippen molar-refractivity contribution >= 4 is 37.5 Å². The fourth-order valence-electron chi connectivity index (χ4n) is 2.27. The van der Waals surface area contributed by atoms with Gasteiger partial charge in [0.15, 0.2) is 0 Å². The molecule has 0 aromatic heterocycles. The van der Waals surface area contributed by atoms with Crippen LogP contribution in [0.2, 0.25) is 0 Å². The molecule has 0 atom stereocenters. The van der Waals surface area contributed by atoms with E-state index in [1.54, 1.807) is 37.4 Å². The molecule has 9 heteroatoms. The van der Waals surface area contributed by atoms with E-state index in [0.29, 0.717) is 44.0 Å². The SMILES string of the molecule is COCCOCCCNC(=O)c1cccc(NS(=O)(=O)c2ccc(Br)cc2)c1. The second-order valence-electron chi connectivity index (χ2n) is 5.85. The van der Waals surface area contributed by atoms with Crippen LogP contribution in [0.25, 0.3) is 0 Å². The largest absolute Gasteiger partial charge is 0.382 e. The molecule has 7 nitrogen and oxygen atoms in total. The summed E-state index contributed by atoms with van der Waals surface area (Å²) in [5.41, 5.74) is 0.690. The Balaban J connectivity index is 1.90. The molecule has 0 aliphatic heterocycles. The van der Waals surface area contributed by atoms with Crippen LogP contribution in [0.4, 0.5) is 5.69 Å². The lowest BCUT2D eigenvalue weighted by Crippen LogP contribution is -2.25. The predicted molar refractivity (Wildman–Crippen MR) is 111 cm³/mol. The van der Waals surface area contributed by atoms with Crippen LogP contribution in [-0.2, 0) is 19.5 Å². The van der Waals surface area contributed by atoms with E-state index in [-0.39, 0.29) is 10.8 Å². The van der Waals surface area contributed by atoms with Crippen LogP contribution >= 0.6 is 15.9 Å². The van der Waals surface area contributed by atoms with Gasteiger partial charge in [-0.3, -0.25) is 9.52 Å². The van der Waals surface area contributed by atoms with Crippen molar-refractivity contribution in [2.75, 3.05) is 38.2 Å². The first-order chi connectivity index (χ1) is 13.4. The van der Waals surface area contributed by atoms with E-state index in [9.17, 15) is 13.2 Å². The van der Waals surface area contributed by atoms with Crippen molar-refractivity contribution in [1.82, 2.24) is 5.32 Å². The molecule has 0 unspecified atom stereocenters. The summed E-state index contributed by atoms with van der Waals surface area (Å²) in [5.74, 6) is -0.276. The average Bonchev–Trinajstić information content (AvgIpc) is 2.67. The second-order valence-corrected chi connectivity index (χ2v) is 8.45. The molecule has 1 amide bonds. The lowest BCUT2D eigenvalue weighted by Gasteiger charge is -2.10. The Labute approximate surface area is 173 Å². The van der Waals surface area contributed by atoms with E-state index in [1.165, 1.54) is 18.2 Å². The monoisotopic (exact) mass is 470 g/mol. The highest BCUT2D eigenvalue weighted by Gasteiger charge is 2.15. The Bertz CT molecular complexity index is 872. The molecule has 0 aliphatic rings. The minimum Gasteiger partial charge on any atom is -0.382 e. The number of anilines is 1. The van der Waals surface area contributed by atoms with E-state index < -0.39 is 10.0 Å². The van der Waals surface area contributed by atoms with Gasteiger partial charge >= 0.3 is 0 Å². The van der Waals surface area contributed by atoms with Gasteiger partial charge in [-0.05, 0) is 48.9 Å². The Morgan fingerprint density at radius 2 is 1.82 bits per heavy atom. The third-order valence-electron chi connectivity index (χ3n) is 3.68. The minimum absolute atomic E-state index is 0.138. The number of hydrogen-bond acceptors (Lipinski definition) is 5. The highest BCUT2D eigenvalue weighted by atomic mass is 79.9. The Morgan fingerprint density at radius 3 is 2.54 bits per heavy atom.